The molecule has 0 unspecified atom stereocenters. The first kappa shape index (κ1) is 12.0. The Labute approximate surface area is 117 Å². The molecule has 2 fully saturated rings. The van der Waals surface area contributed by atoms with Crippen molar-refractivity contribution in [2.45, 2.75) is 31.6 Å². The molecular weight excluding hydrogens is 253 g/mol. The van der Waals surface area contributed by atoms with E-state index in [2.05, 4.69) is 4.98 Å². The van der Waals surface area contributed by atoms with Crippen LogP contribution in [0, 0.1) is 17.7 Å². The quantitative estimate of drug-likeness (QED) is 0.787. The number of carbonyl (C=O) groups is 1. The maximum Gasteiger partial charge on any atom is 0.133 e. The Kier molecular flexibility index (Phi) is 2.62. The van der Waals surface area contributed by atoms with Gasteiger partial charge in [-0.05, 0) is 60.4 Å². The van der Waals surface area contributed by atoms with E-state index < -0.39 is 0 Å². The van der Waals surface area contributed by atoms with Crippen LogP contribution in [0.1, 0.15) is 37.2 Å². The third-order valence-corrected chi connectivity index (χ3v) is 5.00. The highest BCUT2D eigenvalue weighted by atomic mass is 19.1. The van der Waals surface area contributed by atoms with E-state index in [9.17, 15) is 9.18 Å². The van der Waals surface area contributed by atoms with Crippen LogP contribution in [0.25, 0.3) is 10.9 Å². The van der Waals surface area contributed by atoms with Gasteiger partial charge in [-0.15, -0.1) is 0 Å². The predicted molar refractivity (Wildman–Crippen MR) is 74.9 cm³/mol. The van der Waals surface area contributed by atoms with Crippen molar-refractivity contribution in [3.63, 3.8) is 0 Å². The van der Waals surface area contributed by atoms with Gasteiger partial charge >= 0.3 is 0 Å². The molecule has 1 aromatic heterocycles. The average molecular weight is 269 g/mol. The lowest BCUT2D eigenvalue weighted by Gasteiger charge is -2.14. The third-order valence-electron chi connectivity index (χ3n) is 5.00. The van der Waals surface area contributed by atoms with Crippen molar-refractivity contribution < 1.29 is 9.18 Å². The molecule has 1 heterocycles. The number of pyridine rings is 1. The van der Waals surface area contributed by atoms with Crippen LogP contribution in [-0.4, -0.2) is 10.8 Å². The van der Waals surface area contributed by atoms with Crippen molar-refractivity contribution in [1.82, 2.24) is 4.98 Å². The minimum absolute atomic E-state index is 0.208. The smallest absolute Gasteiger partial charge is 0.133 e. The first-order valence-corrected chi connectivity index (χ1v) is 7.26. The number of hydrogen-bond donors (Lipinski definition) is 0. The molecular formula is C17H16FNO. The third kappa shape index (κ3) is 1.84. The van der Waals surface area contributed by atoms with Gasteiger partial charge in [-0.25, -0.2) is 4.39 Å². The van der Waals surface area contributed by atoms with Gasteiger partial charge < -0.3 is 0 Å². The second kappa shape index (κ2) is 4.37. The number of rotatable bonds is 1. The lowest BCUT2D eigenvalue weighted by Crippen LogP contribution is -2.00. The maximum absolute atomic E-state index is 13.5. The number of hydrogen-bond acceptors (Lipinski definition) is 2. The second-order valence-corrected chi connectivity index (χ2v) is 6.20. The molecule has 2 aliphatic carbocycles. The summed E-state index contributed by atoms with van der Waals surface area (Å²) in [7, 11) is 0. The Morgan fingerprint density at radius 1 is 1.10 bits per heavy atom. The van der Waals surface area contributed by atoms with Gasteiger partial charge in [0.05, 0.1) is 5.52 Å². The van der Waals surface area contributed by atoms with E-state index in [0.717, 1.165) is 36.6 Å². The Balaban J connectivity index is 1.73. The van der Waals surface area contributed by atoms with Gasteiger partial charge in [0.15, 0.2) is 0 Å². The molecule has 2 nitrogen and oxygen atoms in total. The monoisotopic (exact) mass is 269 g/mol. The van der Waals surface area contributed by atoms with Crippen LogP contribution in [-0.2, 0) is 4.79 Å². The molecule has 20 heavy (non-hydrogen) atoms. The molecule has 0 bridgehead atoms. The summed E-state index contributed by atoms with van der Waals surface area (Å²) in [4.78, 5) is 15.8. The molecule has 0 aliphatic heterocycles. The molecule has 0 N–H and O–H groups in total. The van der Waals surface area contributed by atoms with E-state index in [1.165, 1.54) is 11.6 Å². The highest BCUT2D eigenvalue weighted by Gasteiger charge is 2.41. The molecule has 0 spiro atoms. The molecule has 0 amide bonds. The van der Waals surface area contributed by atoms with Crippen LogP contribution >= 0.6 is 0 Å². The molecule has 3 heteroatoms. The van der Waals surface area contributed by atoms with Gasteiger partial charge in [0.1, 0.15) is 11.6 Å². The Bertz CT molecular complexity index is 680. The van der Waals surface area contributed by atoms with Crippen LogP contribution < -0.4 is 0 Å². The predicted octanol–water partition coefficient (Wildman–Crippen LogP) is 3.85. The lowest BCUT2D eigenvalue weighted by atomic mass is 9.92. The van der Waals surface area contributed by atoms with Crippen LogP contribution in [0.3, 0.4) is 0 Å². The van der Waals surface area contributed by atoms with E-state index >= 15 is 0 Å². The minimum Gasteiger partial charge on any atom is -0.300 e. The number of Topliss-reactive ketones (excluding diaryl/α,β-unsaturated/α-hetero) is 1. The number of benzene rings is 1. The first-order chi connectivity index (χ1) is 9.70. The highest BCUT2D eigenvalue weighted by molar-refractivity contribution is 5.83. The van der Waals surface area contributed by atoms with Gasteiger partial charge in [0, 0.05) is 24.4 Å². The van der Waals surface area contributed by atoms with Crippen LogP contribution in [0.4, 0.5) is 4.39 Å². The van der Waals surface area contributed by atoms with Crippen molar-refractivity contribution in [2.24, 2.45) is 11.8 Å². The first-order valence-electron chi connectivity index (χ1n) is 7.26. The Morgan fingerprint density at radius 2 is 1.85 bits per heavy atom. The Hall–Kier alpha value is -1.77. The van der Waals surface area contributed by atoms with Crippen molar-refractivity contribution in [2.75, 3.05) is 0 Å². The number of ketones is 1. The maximum atomic E-state index is 13.5. The summed E-state index contributed by atoms with van der Waals surface area (Å²) in [6.07, 6.45) is 5.43. The lowest BCUT2D eigenvalue weighted by molar-refractivity contribution is -0.117. The van der Waals surface area contributed by atoms with Gasteiger partial charge in [0.2, 0.25) is 0 Å². The molecule has 2 aliphatic rings. The average Bonchev–Trinajstić information content (AvgIpc) is 2.95. The highest BCUT2D eigenvalue weighted by Crippen LogP contribution is 2.50. The zero-order valence-electron chi connectivity index (χ0n) is 11.2. The van der Waals surface area contributed by atoms with Gasteiger partial charge in [-0.3, -0.25) is 9.78 Å². The van der Waals surface area contributed by atoms with Gasteiger partial charge in [-0.2, -0.15) is 0 Å². The summed E-state index contributed by atoms with van der Waals surface area (Å²) >= 11 is 0. The van der Waals surface area contributed by atoms with Crippen LogP contribution in [0.5, 0.6) is 0 Å². The van der Waals surface area contributed by atoms with E-state index in [1.54, 1.807) is 12.1 Å². The molecule has 2 saturated carbocycles. The number of aromatic nitrogens is 1. The van der Waals surface area contributed by atoms with Crippen LogP contribution in [0.15, 0.2) is 30.5 Å². The van der Waals surface area contributed by atoms with Crippen LogP contribution in [0.2, 0.25) is 0 Å². The molecule has 0 saturated heterocycles. The van der Waals surface area contributed by atoms with Gasteiger partial charge in [0.25, 0.3) is 0 Å². The fourth-order valence-electron chi connectivity index (χ4n) is 4.13. The largest absolute Gasteiger partial charge is 0.300 e. The zero-order chi connectivity index (χ0) is 13.7. The fourth-order valence-corrected chi connectivity index (χ4v) is 4.13. The topological polar surface area (TPSA) is 30.0 Å². The fraction of sp³-hybridized carbons (Fsp3) is 0.412. The SMILES string of the molecule is O=C1C[C@@H]2C[C@H](c3ccnc4ccc(F)cc34)C[C@@H]2C1. The van der Waals surface area contributed by atoms with Crippen molar-refractivity contribution in [3.8, 4) is 0 Å². The molecule has 102 valence electrons. The molecule has 4 rings (SSSR count). The summed E-state index contributed by atoms with van der Waals surface area (Å²) in [5.41, 5.74) is 2.06. The molecule has 2 aromatic rings. The molecule has 3 atom stereocenters. The minimum atomic E-state index is -0.208. The number of fused-ring (bicyclic) bond motifs is 2. The van der Waals surface area contributed by atoms with Crippen molar-refractivity contribution in [1.29, 1.82) is 0 Å². The normalized spacial score (nSPS) is 29.1. The number of halogens is 1. The molecule has 0 radical (unpaired) electrons. The summed E-state index contributed by atoms with van der Waals surface area (Å²) in [6, 6.07) is 6.82. The summed E-state index contributed by atoms with van der Waals surface area (Å²) in [6.45, 7) is 0. The van der Waals surface area contributed by atoms with E-state index in [0.29, 0.717) is 23.5 Å². The number of carbonyl (C=O) groups excluding carboxylic acids is 1. The zero-order valence-corrected chi connectivity index (χ0v) is 11.2. The standard InChI is InChI=1S/C17H16FNO/c18-13-1-2-17-16(9-13)15(3-4-19-17)12-5-10-7-14(20)8-11(10)6-12/h1-4,9-12H,5-8H2/t10-,11+,12-. The second-order valence-electron chi connectivity index (χ2n) is 6.20. The summed E-state index contributed by atoms with van der Waals surface area (Å²) in [5.74, 6) is 1.75. The summed E-state index contributed by atoms with van der Waals surface area (Å²) < 4.78 is 13.5. The summed E-state index contributed by atoms with van der Waals surface area (Å²) in [5, 5.41) is 0.934. The van der Waals surface area contributed by atoms with E-state index in [4.69, 9.17) is 0 Å². The van der Waals surface area contributed by atoms with E-state index in [1.807, 2.05) is 12.3 Å². The van der Waals surface area contributed by atoms with Gasteiger partial charge in [-0.1, -0.05) is 0 Å². The number of nitrogens with zero attached hydrogens (tertiary/aromatic N) is 1. The van der Waals surface area contributed by atoms with Crippen molar-refractivity contribution in [3.05, 3.63) is 41.8 Å². The molecule has 1 aromatic carbocycles. The Morgan fingerprint density at radius 3 is 2.60 bits per heavy atom. The van der Waals surface area contributed by atoms with Crippen molar-refractivity contribution >= 4 is 16.7 Å². The van der Waals surface area contributed by atoms with E-state index in [-0.39, 0.29) is 5.82 Å².